The van der Waals surface area contributed by atoms with Crippen LogP contribution in [-0.2, 0) is 20.9 Å². The Morgan fingerprint density at radius 3 is 2.40 bits per heavy atom. The van der Waals surface area contributed by atoms with Crippen LogP contribution in [0, 0.1) is 0 Å². The number of carbonyl (C=O) groups is 2. The van der Waals surface area contributed by atoms with Crippen molar-refractivity contribution in [1.82, 2.24) is 4.90 Å². The fraction of sp³-hybridized carbons (Fsp3) is 0.429. The molecule has 1 aliphatic heterocycles. The quantitative estimate of drug-likeness (QED) is 0.858. The predicted octanol–water partition coefficient (Wildman–Crippen LogP) is 0.983. The van der Waals surface area contributed by atoms with Crippen molar-refractivity contribution < 1.29 is 24.5 Å². The van der Waals surface area contributed by atoms with Gasteiger partial charge in [0.15, 0.2) is 6.10 Å². The van der Waals surface area contributed by atoms with Crippen molar-refractivity contribution in [2.75, 3.05) is 7.05 Å². The summed E-state index contributed by atoms with van der Waals surface area (Å²) in [6.07, 6.45) is -0.779. The molecule has 1 saturated heterocycles. The number of aliphatic carboxylic acids is 1. The predicted molar refractivity (Wildman–Crippen MR) is 70.1 cm³/mol. The Kier molecular flexibility index (Phi) is 4.24. The molecule has 2 atom stereocenters. The van der Waals surface area contributed by atoms with Crippen LogP contribution in [0.5, 0.6) is 5.75 Å². The molecule has 108 valence electrons. The molecule has 0 aliphatic carbocycles. The third-order valence-corrected chi connectivity index (χ3v) is 3.30. The molecule has 1 aromatic carbocycles. The van der Waals surface area contributed by atoms with E-state index in [-0.39, 0.29) is 11.7 Å². The Bertz CT molecular complexity index is 499. The van der Waals surface area contributed by atoms with Crippen molar-refractivity contribution in [1.29, 1.82) is 0 Å². The van der Waals surface area contributed by atoms with Gasteiger partial charge >= 0.3 is 5.97 Å². The third kappa shape index (κ3) is 3.27. The van der Waals surface area contributed by atoms with Crippen LogP contribution >= 0.6 is 0 Å². The highest BCUT2D eigenvalue weighted by molar-refractivity contribution is 5.82. The van der Waals surface area contributed by atoms with Crippen LogP contribution < -0.4 is 0 Å². The van der Waals surface area contributed by atoms with Gasteiger partial charge in [-0.05, 0) is 30.5 Å². The van der Waals surface area contributed by atoms with E-state index in [0.717, 1.165) is 5.56 Å². The van der Waals surface area contributed by atoms with Crippen LogP contribution in [-0.4, -0.2) is 46.2 Å². The summed E-state index contributed by atoms with van der Waals surface area (Å²) in [7, 11) is 1.65. The normalized spacial score (nSPS) is 21.6. The molecule has 20 heavy (non-hydrogen) atoms. The fourth-order valence-electron chi connectivity index (χ4n) is 2.20. The summed E-state index contributed by atoms with van der Waals surface area (Å²) in [5.74, 6) is -1.07. The Morgan fingerprint density at radius 2 is 1.85 bits per heavy atom. The molecule has 0 saturated carbocycles. The molecule has 2 unspecified atom stereocenters. The van der Waals surface area contributed by atoms with Gasteiger partial charge in [0.25, 0.3) is 5.91 Å². The Labute approximate surface area is 116 Å². The first-order valence-corrected chi connectivity index (χ1v) is 6.38. The highest BCUT2D eigenvalue weighted by atomic mass is 16.5. The summed E-state index contributed by atoms with van der Waals surface area (Å²) >= 11 is 0. The number of rotatable bonds is 4. The first-order chi connectivity index (χ1) is 9.47. The van der Waals surface area contributed by atoms with E-state index < -0.39 is 18.2 Å². The lowest BCUT2D eigenvalue weighted by atomic mass is 10.1. The second-order valence-electron chi connectivity index (χ2n) is 4.89. The van der Waals surface area contributed by atoms with Crippen LogP contribution in [0.2, 0.25) is 0 Å². The summed E-state index contributed by atoms with van der Waals surface area (Å²) in [5, 5.41) is 18.0. The second-order valence-corrected chi connectivity index (χ2v) is 4.89. The third-order valence-electron chi connectivity index (χ3n) is 3.30. The van der Waals surface area contributed by atoms with Crippen LogP contribution in [0.25, 0.3) is 0 Å². The minimum atomic E-state index is -1.03. The van der Waals surface area contributed by atoms with Crippen molar-refractivity contribution in [2.24, 2.45) is 0 Å². The van der Waals surface area contributed by atoms with Gasteiger partial charge in [-0.15, -0.1) is 0 Å². The summed E-state index contributed by atoms with van der Waals surface area (Å²) < 4.78 is 5.23. The van der Waals surface area contributed by atoms with E-state index >= 15 is 0 Å². The fourth-order valence-corrected chi connectivity index (χ4v) is 2.20. The molecule has 0 aromatic heterocycles. The van der Waals surface area contributed by atoms with Gasteiger partial charge in [0.1, 0.15) is 11.9 Å². The number of carboxylic acid groups (broad SMARTS) is 1. The molecule has 1 amide bonds. The topological polar surface area (TPSA) is 87.1 Å². The number of benzene rings is 1. The molecule has 2 rings (SSSR count). The lowest BCUT2D eigenvalue weighted by Crippen LogP contribution is -2.36. The molecule has 2 N–H and O–H groups in total. The number of phenols is 1. The van der Waals surface area contributed by atoms with Crippen molar-refractivity contribution >= 4 is 11.9 Å². The SMILES string of the molecule is CN(Cc1ccc(O)cc1)C(=O)C1CCC(C(=O)O)O1. The van der Waals surface area contributed by atoms with Gasteiger partial charge in [-0.2, -0.15) is 0 Å². The average Bonchev–Trinajstić information content (AvgIpc) is 2.90. The number of carbonyl (C=O) groups excluding carboxylic acids is 1. The molecule has 6 heteroatoms. The zero-order valence-corrected chi connectivity index (χ0v) is 11.2. The zero-order valence-electron chi connectivity index (χ0n) is 11.2. The maximum Gasteiger partial charge on any atom is 0.332 e. The van der Waals surface area contributed by atoms with Crippen LogP contribution in [0.1, 0.15) is 18.4 Å². The molecule has 6 nitrogen and oxygen atoms in total. The lowest BCUT2D eigenvalue weighted by Gasteiger charge is -2.21. The number of likely N-dealkylation sites (N-methyl/N-ethyl adjacent to an activating group) is 1. The van der Waals surface area contributed by atoms with Crippen molar-refractivity contribution in [3.05, 3.63) is 29.8 Å². The molecule has 0 radical (unpaired) electrons. The van der Waals surface area contributed by atoms with E-state index in [1.165, 1.54) is 4.90 Å². The molecule has 0 spiro atoms. The number of hydrogen-bond acceptors (Lipinski definition) is 4. The van der Waals surface area contributed by atoms with Gasteiger partial charge in [-0.1, -0.05) is 12.1 Å². The smallest absolute Gasteiger partial charge is 0.332 e. The maximum absolute atomic E-state index is 12.1. The van der Waals surface area contributed by atoms with Gasteiger partial charge in [0.2, 0.25) is 0 Å². The van der Waals surface area contributed by atoms with Crippen molar-refractivity contribution in [2.45, 2.75) is 31.6 Å². The largest absolute Gasteiger partial charge is 0.508 e. The Hall–Kier alpha value is -2.08. The van der Waals surface area contributed by atoms with Crippen LogP contribution in [0.15, 0.2) is 24.3 Å². The van der Waals surface area contributed by atoms with Crippen molar-refractivity contribution in [3.8, 4) is 5.75 Å². The molecular weight excluding hydrogens is 262 g/mol. The molecule has 1 heterocycles. The minimum Gasteiger partial charge on any atom is -0.508 e. The van der Waals surface area contributed by atoms with Crippen LogP contribution in [0.4, 0.5) is 0 Å². The number of aromatic hydroxyl groups is 1. The first-order valence-electron chi connectivity index (χ1n) is 6.38. The van der Waals surface area contributed by atoms with Gasteiger partial charge < -0.3 is 19.8 Å². The zero-order chi connectivity index (χ0) is 14.7. The molecule has 1 aromatic rings. The van der Waals surface area contributed by atoms with E-state index in [9.17, 15) is 14.7 Å². The van der Waals surface area contributed by atoms with E-state index in [1.54, 1.807) is 31.3 Å². The number of hydrogen-bond donors (Lipinski definition) is 2. The van der Waals surface area contributed by atoms with E-state index in [4.69, 9.17) is 9.84 Å². The van der Waals surface area contributed by atoms with Gasteiger partial charge in [-0.25, -0.2) is 4.79 Å². The maximum atomic E-state index is 12.1. The van der Waals surface area contributed by atoms with Gasteiger partial charge in [-0.3, -0.25) is 4.79 Å². The van der Waals surface area contributed by atoms with Gasteiger partial charge in [0.05, 0.1) is 0 Å². The second kappa shape index (κ2) is 5.92. The summed E-state index contributed by atoms with van der Waals surface area (Å²) in [6, 6.07) is 6.57. The molecule has 1 aliphatic rings. The summed E-state index contributed by atoms with van der Waals surface area (Å²) in [6.45, 7) is 0.386. The van der Waals surface area contributed by atoms with Gasteiger partial charge in [0, 0.05) is 13.6 Å². The monoisotopic (exact) mass is 279 g/mol. The number of amides is 1. The number of ether oxygens (including phenoxy) is 1. The highest BCUT2D eigenvalue weighted by Crippen LogP contribution is 2.22. The van der Waals surface area contributed by atoms with E-state index in [1.807, 2.05) is 0 Å². The lowest BCUT2D eigenvalue weighted by molar-refractivity contribution is -0.154. The molecule has 0 bridgehead atoms. The molecule has 1 fully saturated rings. The standard InChI is InChI=1S/C14H17NO5/c1-15(8-9-2-4-10(16)5-3-9)13(17)11-6-7-12(20-11)14(18)19/h2-5,11-12,16H,6-8H2,1H3,(H,18,19). The number of nitrogens with zero attached hydrogens (tertiary/aromatic N) is 1. The molecular formula is C14H17NO5. The van der Waals surface area contributed by atoms with E-state index in [0.29, 0.717) is 19.4 Å². The summed E-state index contributed by atoms with van der Waals surface area (Å²) in [5.41, 5.74) is 0.881. The first kappa shape index (κ1) is 14.3. The Morgan fingerprint density at radius 1 is 1.25 bits per heavy atom. The summed E-state index contributed by atoms with van der Waals surface area (Å²) in [4.78, 5) is 24.4. The highest BCUT2D eigenvalue weighted by Gasteiger charge is 2.35. The van der Waals surface area contributed by atoms with Crippen molar-refractivity contribution in [3.63, 3.8) is 0 Å². The number of phenolic OH excluding ortho intramolecular Hbond substituents is 1. The minimum absolute atomic E-state index is 0.172. The van der Waals surface area contributed by atoms with E-state index in [2.05, 4.69) is 0 Å². The average molecular weight is 279 g/mol. The Balaban J connectivity index is 1.92. The number of carboxylic acids is 1. The van der Waals surface area contributed by atoms with Crippen LogP contribution in [0.3, 0.4) is 0 Å².